The third kappa shape index (κ3) is 3.75. The van der Waals surface area contributed by atoms with E-state index in [0.29, 0.717) is 19.5 Å². The van der Waals surface area contributed by atoms with Crippen LogP contribution in [-0.2, 0) is 27.7 Å². The quantitative estimate of drug-likeness (QED) is 0.787. The molecular formula is C19H21NO4S. The van der Waals surface area contributed by atoms with Crippen molar-refractivity contribution < 1.29 is 17.9 Å². The van der Waals surface area contributed by atoms with Crippen LogP contribution in [0, 0.1) is 0 Å². The van der Waals surface area contributed by atoms with E-state index in [9.17, 15) is 13.2 Å². The maximum atomic E-state index is 13.0. The molecule has 0 amide bonds. The highest BCUT2D eigenvalue weighted by atomic mass is 32.2. The van der Waals surface area contributed by atoms with Gasteiger partial charge in [-0.25, -0.2) is 13.2 Å². The zero-order valence-electron chi connectivity index (χ0n) is 14.3. The van der Waals surface area contributed by atoms with Crippen LogP contribution >= 0.6 is 0 Å². The Balaban J connectivity index is 1.87. The Morgan fingerprint density at radius 3 is 2.52 bits per heavy atom. The molecule has 5 nitrogen and oxygen atoms in total. The van der Waals surface area contributed by atoms with Crippen LogP contribution in [0.2, 0.25) is 0 Å². The molecule has 0 spiro atoms. The lowest BCUT2D eigenvalue weighted by atomic mass is 10.0. The Labute approximate surface area is 148 Å². The van der Waals surface area contributed by atoms with Crippen molar-refractivity contribution in [2.75, 3.05) is 6.54 Å². The number of hydrogen-bond donors (Lipinski definition) is 0. The van der Waals surface area contributed by atoms with E-state index in [4.69, 9.17) is 4.74 Å². The van der Waals surface area contributed by atoms with E-state index in [1.165, 1.54) is 22.0 Å². The molecule has 0 radical (unpaired) electrons. The second kappa shape index (κ2) is 6.98. The minimum Gasteiger partial charge on any atom is -0.459 e. The molecule has 6 heteroatoms. The fraction of sp³-hybridized carbons (Fsp3) is 0.316. The van der Waals surface area contributed by atoms with Gasteiger partial charge in [0, 0.05) is 13.1 Å². The smallest absolute Gasteiger partial charge is 0.338 e. The van der Waals surface area contributed by atoms with Crippen LogP contribution in [-0.4, -0.2) is 31.3 Å². The summed E-state index contributed by atoms with van der Waals surface area (Å²) in [6, 6.07) is 13.9. The van der Waals surface area contributed by atoms with Crippen molar-refractivity contribution in [2.45, 2.75) is 37.8 Å². The normalized spacial score (nSPS) is 15.0. The molecule has 1 heterocycles. The summed E-state index contributed by atoms with van der Waals surface area (Å²) in [5, 5.41) is 0. The molecule has 0 fully saturated rings. The van der Waals surface area contributed by atoms with E-state index in [2.05, 4.69) is 0 Å². The van der Waals surface area contributed by atoms with Crippen LogP contribution < -0.4 is 0 Å². The van der Waals surface area contributed by atoms with Gasteiger partial charge in [0.2, 0.25) is 10.0 Å². The zero-order chi connectivity index (χ0) is 18.0. The fourth-order valence-electron chi connectivity index (χ4n) is 2.89. The average molecular weight is 359 g/mol. The molecule has 0 aliphatic carbocycles. The summed E-state index contributed by atoms with van der Waals surface area (Å²) >= 11 is 0. The third-order valence-corrected chi connectivity index (χ3v) is 5.99. The summed E-state index contributed by atoms with van der Waals surface area (Å²) in [5.41, 5.74) is 2.45. The van der Waals surface area contributed by atoms with Gasteiger partial charge in [0.05, 0.1) is 16.6 Å². The number of fused-ring (bicyclic) bond motifs is 1. The number of ether oxygens (including phenoxy) is 1. The Morgan fingerprint density at radius 1 is 1.08 bits per heavy atom. The number of sulfonamides is 1. The predicted molar refractivity (Wildman–Crippen MR) is 94.7 cm³/mol. The van der Waals surface area contributed by atoms with Gasteiger partial charge in [0.25, 0.3) is 0 Å². The van der Waals surface area contributed by atoms with Crippen LogP contribution in [0.25, 0.3) is 0 Å². The van der Waals surface area contributed by atoms with E-state index < -0.39 is 16.0 Å². The summed E-state index contributed by atoms with van der Waals surface area (Å²) < 4.78 is 32.5. The maximum Gasteiger partial charge on any atom is 0.338 e. The monoisotopic (exact) mass is 359 g/mol. The largest absolute Gasteiger partial charge is 0.459 e. The number of carbonyl (C=O) groups excluding carboxylic acids is 1. The zero-order valence-corrected chi connectivity index (χ0v) is 15.1. The summed E-state index contributed by atoms with van der Waals surface area (Å²) in [5.74, 6) is -0.518. The lowest BCUT2D eigenvalue weighted by Gasteiger charge is -2.28. The van der Waals surface area contributed by atoms with E-state index in [0.717, 1.165) is 5.56 Å². The number of carbonyl (C=O) groups is 1. The SMILES string of the molecule is CC(C)OC(=O)c1cccc(S(=O)(=O)N2CCc3ccccc3C2)c1. The van der Waals surface area contributed by atoms with Crippen molar-refractivity contribution in [2.24, 2.45) is 0 Å². The number of esters is 1. The van der Waals surface area contributed by atoms with Crippen molar-refractivity contribution in [1.82, 2.24) is 4.31 Å². The lowest BCUT2D eigenvalue weighted by molar-refractivity contribution is 0.0377. The van der Waals surface area contributed by atoms with Crippen molar-refractivity contribution in [3.05, 3.63) is 65.2 Å². The van der Waals surface area contributed by atoms with Gasteiger partial charge in [-0.15, -0.1) is 0 Å². The molecule has 25 heavy (non-hydrogen) atoms. The second-order valence-corrected chi connectivity index (χ2v) is 8.28. The van der Waals surface area contributed by atoms with Gasteiger partial charge in [-0.2, -0.15) is 4.31 Å². The number of hydrogen-bond acceptors (Lipinski definition) is 4. The molecule has 2 aromatic carbocycles. The summed E-state index contributed by atoms with van der Waals surface area (Å²) in [4.78, 5) is 12.2. The molecule has 1 aliphatic heterocycles. The van der Waals surface area contributed by atoms with E-state index in [1.54, 1.807) is 26.0 Å². The Kier molecular flexibility index (Phi) is 4.92. The Bertz CT molecular complexity index is 890. The summed E-state index contributed by atoms with van der Waals surface area (Å²) in [6.45, 7) is 4.28. The minimum atomic E-state index is -3.66. The molecular weight excluding hydrogens is 338 g/mol. The molecule has 0 saturated heterocycles. The molecule has 132 valence electrons. The Morgan fingerprint density at radius 2 is 1.80 bits per heavy atom. The highest BCUT2D eigenvalue weighted by Gasteiger charge is 2.28. The van der Waals surface area contributed by atoms with Crippen molar-refractivity contribution >= 4 is 16.0 Å². The topological polar surface area (TPSA) is 63.7 Å². The van der Waals surface area contributed by atoms with Gasteiger partial charge < -0.3 is 4.74 Å². The predicted octanol–water partition coefficient (Wildman–Crippen LogP) is 3.00. The molecule has 0 saturated carbocycles. The van der Waals surface area contributed by atoms with Crippen LogP contribution in [0.1, 0.15) is 35.3 Å². The number of nitrogens with zero attached hydrogens (tertiary/aromatic N) is 1. The van der Waals surface area contributed by atoms with Gasteiger partial charge in [0.15, 0.2) is 0 Å². The van der Waals surface area contributed by atoms with Gasteiger partial charge in [-0.3, -0.25) is 0 Å². The second-order valence-electron chi connectivity index (χ2n) is 6.34. The lowest BCUT2D eigenvalue weighted by Crippen LogP contribution is -2.36. The summed E-state index contributed by atoms with van der Waals surface area (Å²) in [6.07, 6.45) is 0.427. The number of rotatable bonds is 4. The maximum absolute atomic E-state index is 13.0. The van der Waals surface area contributed by atoms with Crippen LogP contribution in [0.5, 0.6) is 0 Å². The summed E-state index contributed by atoms with van der Waals surface area (Å²) in [7, 11) is -3.66. The van der Waals surface area contributed by atoms with Crippen molar-refractivity contribution in [3.63, 3.8) is 0 Å². The van der Waals surface area contributed by atoms with Crippen LogP contribution in [0.4, 0.5) is 0 Å². The van der Waals surface area contributed by atoms with E-state index in [1.807, 2.05) is 24.3 Å². The first-order chi connectivity index (χ1) is 11.9. The molecule has 3 rings (SSSR count). The first kappa shape index (κ1) is 17.6. The van der Waals surface area contributed by atoms with Crippen molar-refractivity contribution in [3.8, 4) is 0 Å². The molecule has 0 N–H and O–H groups in total. The molecule has 2 aromatic rings. The molecule has 0 bridgehead atoms. The molecule has 0 unspecified atom stereocenters. The van der Waals surface area contributed by atoms with Gasteiger partial charge in [0.1, 0.15) is 0 Å². The first-order valence-electron chi connectivity index (χ1n) is 8.26. The van der Waals surface area contributed by atoms with Crippen molar-refractivity contribution in [1.29, 1.82) is 0 Å². The number of benzene rings is 2. The highest BCUT2D eigenvalue weighted by molar-refractivity contribution is 7.89. The van der Waals surface area contributed by atoms with Crippen LogP contribution in [0.15, 0.2) is 53.4 Å². The first-order valence-corrected chi connectivity index (χ1v) is 9.70. The minimum absolute atomic E-state index is 0.116. The van der Waals surface area contributed by atoms with Crippen LogP contribution in [0.3, 0.4) is 0 Å². The molecule has 1 aliphatic rings. The van der Waals surface area contributed by atoms with Gasteiger partial charge in [-0.1, -0.05) is 30.3 Å². The standard InChI is InChI=1S/C19H21NO4S/c1-14(2)24-19(21)16-8-5-9-18(12-16)25(22,23)20-11-10-15-6-3-4-7-17(15)13-20/h3-9,12,14H,10-11,13H2,1-2H3. The molecule has 0 aromatic heterocycles. The average Bonchev–Trinajstić information content (AvgIpc) is 2.61. The molecule has 0 atom stereocenters. The fourth-order valence-corrected chi connectivity index (χ4v) is 4.35. The third-order valence-electron chi connectivity index (χ3n) is 4.15. The van der Waals surface area contributed by atoms with E-state index in [-0.39, 0.29) is 16.6 Å². The Hall–Kier alpha value is -2.18. The van der Waals surface area contributed by atoms with Gasteiger partial charge in [-0.05, 0) is 49.6 Å². The highest BCUT2D eigenvalue weighted by Crippen LogP contribution is 2.25. The van der Waals surface area contributed by atoms with E-state index >= 15 is 0 Å². The van der Waals surface area contributed by atoms with Gasteiger partial charge >= 0.3 is 5.97 Å².